The Hall–Kier alpha value is -0.0400. The molecule has 0 N–H and O–H groups in total. The smallest absolute Gasteiger partial charge is 0.00952 e. The molecular weight excluding hydrogens is 146 g/mol. The van der Waals surface area contributed by atoms with Gasteiger partial charge in [-0.15, -0.1) is 0 Å². The van der Waals surface area contributed by atoms with Crippen molar-refractivity contribution in [2.75, 3.05) is 13.6 Å². The van der Waals surface area contributed by atoms with Crippen molar-refractivity contribution in [1.82, 2.24) is 4.90 Å². The third-order valence-corrected chi connectivity index (χ3v) is 3.86. The van der Waals surface area contributed by atoms with Gasteiger partial charge >= 0.3 is 0 Å². The fraction of sp³-hybridized carbons (Fsp3) is 1.00. The highest BCUT2D eigenvalue weighted by molar-refractivity contribution is 4.85. The second kappa shape index (κ2) is 3.78. The zero-order chi connectivity index (χ0) is 9.30. The molecule has 0 aromatic heterocycles. The van der Waals surface area contributed by atoms with Gasteiger partial charge in [0.05, 0.1) is 0 Å². The van der Waals surface area contributed by atoms with Crippen LogP contribution in [-0.4, -0.2) is 24.5 Å². The van der Waals surface area contributed by atoms with Gasteiger partial charge in [0.15, 0.2) is 0 Å². The molecule has 1 nitrogen and oxygen atoms in total. The Morgan fingerprint density at radius 3 is 2.17 bits per heavy atom. The molecule has 1 aliphatic rings. The first-order valence-corrected chi connectivity index (χ1v) is 5.24. The van der Waals surface area contributed by atoms with Crippen LogP contribution in [0.25, 0.3) is 0 Å². The van der Waals surface area contributed by atoms with Crippen LogP contribution in [0.1, 0.15) is 34.1 Å². The molecule has 0 aromatic carbocycles. The van der Waals surface area contributed by atoms with Gasteiger partial charge in [0, 0.05) is 6.04 Å². The second-order valence-electron chi connectivity index (χ2n) is 4.78. The molecule has 0 aromatic rings. The summed E-state index contributed by atoms with van der Waals surface area (Å²) in [5.74, 6) is 2.64. The minimum atomic E-state index is 0.794. The lowest BCUT2D eigenvalue weighted by molar-refractivity contribution is 0.211. The van der Waals surface area contributed by atoms with Crippen LogP contribution in [0.4, 0.5) is 0 Å². The minimum Gasteiger partial charge on any atom is -0.303 e. The summed E-state index contributed by atoms with van der Waals surface area (Å²) >= 11 is 0. The van der Waals surface area contributed by atoms with Gasteiger partial charge in [0.1, 0.15) is 0 Å². The first-order chi connectivity index (χ1) is 5.54. The van der Waals surface area contributed by atoms with Crippen molar-refractivity contribution in [2.24, 2.45) is 17.8 Å². The zero-order valence-electron chi connectivity index (χ0n) is 9.17. The Labute approximate surface area is 77.1 Å². The van der Waals surface area contributed by atoms with Crippen molar-refractivity contribution in [3.05, 3.63) is 0 Å². The van der Waals surface area contributed by atoms with Gasteiger partial charge in [-0.2, -0.15) is 0 Å². The summed E-state index contributed by atoms with van der Waals surface area (Å²) in [5.41, 5.74) is 0. The third-order valence-electron chi connectivity index (χ3n) is 3.86. The van der Waals surface area contributed by atoms with E-state index in [9.17, 15) is 0 Å². The van der Waals surface area contributed by atoms with Gasteiger partial charge in [0.25, 0.3) is 0 Å². The fourth-order valence-electron chi connectivity index (χ4n) is 2.32. The molecule has 72 valence electrons. The van der Waals surface area contributed by atoms with Crippen LogP contribution < -0.4 is 0 Å². The molecule has 1 fully saturated rings. The molecule has 0 radical (unpaired) electrons. The van der Waals surface area contributed by atoms with E-state index in [2.05, 4.69) is 39.6 Å². The maximum absolute atomic E-state index is 2.49. The predicted molar refractivity (Wildman–Crippen MR) is 54.2 cm³/mol. The number of rotatable bonds is 2. The van der Waals surface area contributed by atoms with E-state index in [4.69, 9.17) is 0 Å². The Kier molecular flexibility index (Phi) is 3.16. The van der Waals surface area contributed by atoms with Gasteiger partial charge in [0.2, 0.25) is 0 Å². The highest BCUT2D eigenvalue weighted by Crippen LogP contribution is 2.32. The van der Waals surface area contributed by atoms with E-state index in [-0.39, 0.29) is 0 Å². The maximum Gasteiger partial charge on any atom is 0.00952 e. The Morgan fingerprint density at radius 2 is 1.83 bits per heavy atom. The van der Waals surface area contributed by atoms with Crippen LogP contribution in [0, 0.1) is 17.8 Å². The van der Waals surface area contributed by atoms with Crippen molar-refractivity contribution in [1.29, 1.82) is 0 Å². The molecule has 1 rings (SSSR count). The molecule has 3 atom stereocenters. The first-order valence-electron chi connectivity index (χ1n) is 5.24. The summed E-state index contributed by atoms with van der Waals surface area (Å²) in [6, 6.07) is 0.794. The standard InChI is InChI=1S/C11H23N/c1-8(2)9(3)11-6-7-12(5)10(11)4/h8-11H,6-7H2,1-5H3/t9?,10-,11-/m0/s1. The molecule has 0 amide bonds. The van der Waals surface area contributed by atoms with Crippen LogP contribution in [0.2, 0.25) is 0 Å². The lowest BCUT2D eigenvalue weighted by Crippen LogP contribution is -2.30. The van der Waals surface area contributed by atoms with Crippen LogP contribution in [-0.2, 0) is 0 Å². The maximum atomic E-state index is 2.49. The topological polar surface area (TPSA) is 3.24 Å². The van der Waals surface area contributed by atoms with E-state index in [0.29, 0.717) is 0 Å². The molecule has 0 bridgehead atoms. The predicted octanol–water partition coefficient (Wildman–Crippen LogP) is 2.62. The Bertz CT molecular complexity index is 142. The molecular formula is C11H23N. The first kappa shape index (κ1) is 10.0. The van der Waals surface area contributed by atoms with E-state index in [1.165, 1.54) is 13.0 Å². The molecule has 1 heterocycles. The van der Waals surface area contributed by atoms with E-state index in [1.54, 1.807) is 0 Å². The van der Waals surface area contributed by atoms with E-state index in [0.717, 1.165) is 23.8 Å². The summed E-state index contributed by atoms with van der Waals surface area (Å²) in [7, 11) is 2.25. The van der Waals surface area contributed by atoms with Crippen molar-refractivity contribution < 1.29 is 0 Å². The van der Waals surface area contributed by atoms with Gasteiger partial charge in [-0.25, -0.2) is 0 Å². The van der Waals surface area contributed by atoms with E-state index in [1.807, 2.05) is 0 Å². The van der Waals surface area contributed by atoms with Crippen LogP contribution >= 0.6 is 0 Å². The monoisotopic (exact) mass is 169 g/mol. The van der Waals surface area contributed by atoms with Gasteiger partial charge in [-0.1, -0.05) is 20.8 Å². The number of nitrogens with zero attached hydrogens (tertiary/aromatic N) is 1. The molecule has 12 heavy (non-hydrogen) atoms. The van der Waals surface area contributed by atoms with Gasteiger partial charge in [-0.3, -0.25) is 0 Å². The quantitative estimate of drug-likeness (QED) is 0.614. The average Bonchev–Trinajstić information content (AvgIpc) is 2.32. The number of hydrogen-bond donors (Lipinski definition) is 0. The molecule has 1 aliphatic heterocycles. The second-order valence-corrected chi connectivity index (χ2v) is 4.78. The summed E-state index contributed by atoms with van der Waals surface area (Å²) < 4.78 is 0. The Morgan fingerprint density at radius 1 is 1.25 bits per heavy atom. The SMILES string of the molecule is CC(C)C(C)[C@@H]1CCN(C)[C@H]1C. The molecule has 0 saturated carbocycles. The summed E-state index contributed by atoms with van der Waals surface area (Å²) in [6.45, 7) is 10.8. The minimum absolute atomic E-state index is 0.794. The van der Waals surface area contributed by atoms with E-state index >= 15 is 0 Å². The van der Waals surface area contributed by atoms with Crippen molar-refractivity contribution in [3.8, 4) is 0 Å². The number of hydrogen-bond acceptors (Lipinski definition) is 1. The largest absolute Gasteiger partial charge is 0.303 e. The molecule has 0 aliphatic carbocycles. The normalized spacial score (nSPS) is 34.5. The highest BCUT2D eigenvalue weighted by Gasteiger charge is 2.32. The van der Waals surface area contributed by atoms with Crippen LogP contribution in [0.5, 0.6) is 0 Å². The van der Waals surface area contributed by atoms with Gasteiger partial charge < -0.3 is 4.90 Å². The molecule has 0 spiro atoms. The van der Waals surface area contributed by atoms with Crippen molar-refractivity contribution in [3.63, 3.8) is 0 Å². The molecule has 1 heteroatoms. The summed E-state index contributed by atoms with van der Waals surface area (Å²) in [5, 5.41) is 0. The van der Waals surface area contributed by atoms with Crippen molar-refractivity contribution in [2.45, 2.75) is 40.2 Å². The van der Waals surface area contributed by atoms with Crippen LogP contribution in [0.3, 0.4) is 0 Å². The zero-order valence-corrected chi connectivity index (χ0v) is 9.17. The summed E-state index contributed by atoms with van der Waals surface area (Å²) in [6.07, 6.45) is 1.40. The summed E-state index contributed by atoms with van der Waals surface area (Å²) in [4.78, 5) is 2.49. The Balaban J connectivity index is 2.53. The molecule has 1 saturated heterocycles. The highest BCUT2D eigenvalue weighted by atomic mass is 15.1. The van der Waals surface area contributed by atoms with Gasteiger partial charge in [-0.05, 0) is 44.7 Å². The van der Waals surface area contributed by atoms with E-state index < -0.39 is 0 Å². The fourth-order valence-corrected chi connectivity index (χ4v) is 2.32. The van der Waals surface area contributed by atoms with Crippen LogP contribution in [0.15, 0.2) is 0 Å². The van der Waals surface area contributed by atoms with Crippen molar-refractivity contribution >= 4 is 0 Å². The lowest BCUT2D eigenvalue weighted by atomic mass is 9.81. The third kappa shape index (κ3) is 1.82. The number of likely N-dealkylation sites (tertiary alicyclic amines) is 1. The molecule has 1 unspecified atom stereocenters. The lowest BCUT2D eigenvalue weighted by Gasteiger charge is -2.28. The average molecular weight is 169 g/mol.